The lowest BCUT2D eigenvalue weighted by molar-refractivity contribution is 0.573. The van der Waals surface area contributed by atoms with E-state index in [1.54, 1.807) is 10.4 Å². The van der Waals surface area contributed by atoms with Gasteiger partial charge in [0.15, 0.2) is 0 Å². The number of hydrogen-bond donors (Lipinski definition) is 1. The number of benzene rings is 1. The van der Waals surface area contributed by atoms with Gasteiger partial charge in [-0.1, -0.05) is 6.07 Å². The van der Waals surface area contributed by atoms with Gasteiger partial charge in [0.25, 0.3) is 0 Å². The Balaban J connectivity index is 1.63. The van der Waals surface area contributed by atoms with Gasteiger partial charge in [-0.25, -0.2) is 4.39 Å². The standard InChI is InChI=1S/C16H17BrFNS/c1-10(11-5-6-15(18)14(17)8-11)19-9-13-7-12-3-2-4-16(12)20-13/h5-8,10,19H,2-4,9H2,1H3. The number of nitrogens with one attached hydrogen (secondary N) is 1. The molecule has 1 aromatic heterocycles. The lowest BCUT2D eigenvalue weighted by atomic mass is 10.1. The van der Waals surface area contributed by atoms with Crippen LogP contribution in [-0.2, 0) is 19.4 Å². The molecule has 1 aliphatic rings. The van der Waals surface area contributed by atoms with Crippen molar-refractivity contribution in [2.75, 3.05) is 0 Å². The zero-order valence-corrected chi connectivity index (χ0v) is 13.8. The largest absolute Gasteiger partial charge is 0.305 e. The van der Waals surface area contributed by atoms with E-state index < -0.39 is 0 Å². The SMILES string of the molecule is CC(NCc1cc2c(s1)CCC2)c1ccc(F)c(Br)c1. The molecule has 2 aromatic rings. The molecule has 20 heavy (non-hydrogen) atoms. The van der Waals surface area contributed by atoms with Crippen molar-refractivity contribution < 1.29 is 4.39 Å². The van der Waals surface area contributed by atoms with E-state index in [1.165, 1.54) is 30.2 Å². The number of rotatable bonds is 4. The van der Waals surface area contributed by atoms with Gasteiger partial charge in [0.1, 0.15) is 5.82 Å². The number of hydrogen-bond acceptors (Lipinski definition) is 2. The van der Waals surface area contributed by atoms with Crippen LogP contribution in [0.15, 0.2) is 28.7 Å². The molecule has 0 fully saturated rings. The quantitative estimate of drug-likeness (QED) is 0.816. The van der Waals surface area contributed by atoms with E-state index >= 15 is 0 Å². The third-order valence-electron chi connectivity index (χ3n) is 3.82. The molecule has 0 radical (unpaired) electrons. The van der Waals surface area contributed by atoms with Crippen LogP contribution in [0.3, 0.4) is 0 Å². The van der Waals surface area contributed by atoms with Crippen molar-refractivity contribution in [1.29, 1.82) is 0 Å². The van der Waals surface area contributed by atoms with Crippen molar-refractivity contribution >= 4 is 27.3 Å². The molecule has 0 saturated carbocycles. The number of thiophene rings is 1. The molecule has 0 spiro atoms. The third-order valence-corrected chi connectivity index (χ3v) is 5.67. The number of aryl methyl sites for hydroxylation is 2. The molecule has 0 bridgehead atoms. The highest BCUT2D eigenvalue weighted by Gasteiger charge is 2.15. The van der Waals surface area contributed by atoms with E-state index in [9.17, 15) is 4.39 Å². The first kappa shape index (κ1) is 14.2. The van der Waals surface area contributed by atoms with Gasteiger partial charge in [-0.3, -0.25) is 0 Å². The van der Waals surface area contributed by atoms with Crippen LogP contribution in [0, 0.1) is 5.82 Å². The predicted molar refractivity (Wildman–Crippen MR) is 85.7 cm³/mol. The first-order valence-corrected chi connectivity index (χ1v) is 8.53. The molecule has 0 saturated heterocycles. The minimum absolute atomic E-state index is 0.212. The van der Waals surface area contributed by atoms with E-state index in [0.29, 0.717) is 4.47 Å². The van der Waals surface area contributed by atoms with E-state index in [1.807, 2.05) is 23.5 Å². The summed E-state index contributed by atoms with van der Waals surface area (Å²) >= 11 is 5.17. The van der Waals surface area contributed by atoms with Crippen molar-refractivity contribution in [3.05, 3.63) is 55.4 Å². The summed E-state index contributed by atoms with van der Waals surface area (Å²) in [4.78, 5) is 2.97. The monoisotopic (exact) mass is 353 g/mol. The molecule has 4 heteroatoms. The maximum atomic E-state index is 13.2. The number of halogens is 2. The fourth-order valence-electron chi connectivity index (χ4n) is 2.63. The highest BCUT2D eigenvalue weighted by molar-refractivity contribution is 9.10. The Bertz CT molecular complexity index is 601. The molecule has 1 atom stereocenters. The van der Waals surface area contributed by atoms with E-state index in [0.717, 1.165) is 12.1 Å². The third kappa shape index (κ3) is 2.97. The first-order chi connectivity index (χ1) is 9.63. The highest BCUT2D eigenvalue weighted by atomic mass is 79.9. The Labute approximate surface area is 131 Å². The minimum Gasteiger partial charge on any atom is -0.305 e. The van der Waals surface area contributed by atoms with Gasteiger partial charge in [-0.05, 0) is 71.4 Å². The summed E-state index contributed by atoms with van der Waals surface area (Å²) in [7, 11) is 0. The Morgan fingerprint density at radius 2 is 2.20 bits per heavy atom. The van der Waals surface area contributed by atoms with Crippen molar-refractivity contribution in [2.45, 2.75) is 38.8 Å². The van der Waals surface area contributed by atoms with E-state index in [4.69, 9.17) is 0 Å². The van der Waals surface area contributed by atoms with Crippen LogP contribution in [0.2, 0.25) is 0 Å². The minimum atomic E-state index is -0.212. The zero-order chi connectivity index (χ0) is 14.1. The van der Waals surface area contributed by atoms with Gasteiger partial charge in [0.2, 0.25) is 0 Å². The van der Waals surface area contributed by atoms with Crippen molar-refractivity contribution in [2.24, 2.45) is 0 Å². The van der Waals surface area contributed by atoms with Crippen LogP contribution >= 0.6 is 27.3 Å². The lowest BCUT2D eigenvalue weighted by Gasteiger charge is -2.14. The smallest absolute Gasteiger partial charge is 0.137 e. The molecule has 1 heterocycles. The topological polar surface area (TPSA) is 12.0 Å². The van der Waals surface area contributed by atoms with Crippen LogP contribution in [0.5, 0.6) is 0 Å². The second kappa shape index (κ2) is 5.96. The lowest BCUT2D eigenvalue weighted by Crippen LogP contribution is -2.17. The van der Waals surface area contributed by atoms with E-state index in [-0.39, 0.29) is 11.9 Å². The van der Waals surface area contributed by atoms with Crippen molar-refractivity contribution in [1.82, 2.24) is 5.32 Å². The summed E-state index contributed by atoms with van der Waals surface area (Å²) in [6, 6.07) is 7.75. The van der Waals surface area contributed by atoms with Crippen LogP contribution in [0.25, 0.3) is 0 Å². The van der Waals surface area contributed by atoms with Crippen LogP contribution in [0.1, 0.15) is 40.3 Å². The second-order valence-corrected chi connectivity index (χ2v) is 7.37. The summed E-state index contributed by atoms with van der Waals surface area (Å²) in [5.41, 5.74) is 2.64. The summed E-state index contributed by atoms with van der Waals surface area (Å²) in [5.74, 6) is -0.212. The van der Waals surface area contributed by atoms with Crippen LogP contribution < -0.4 is 5.32 Å². The molecule has 1 unspecified atom stereocenters. The summed E-state index contributed by atoms with van der Waals surface area (Å²) in [6.45, 7) is 2.99. The predicted octanol–water partition coefficient (Wildman–Crippen LogP) is 4.99. The fraction of sp³-hybridized carbons (Fsp3) is 0.375. The average Bonchev–Trinajstić information content (AvgIpc) is 3.00. The van der Waals surface area contributed by atoms with Crippen molar-refractivity contribution in [3.63, 3.8) is 0 Å². The molecular formula is C16H17BrFNS. The molecule has 1 N–H and O–H groups in total. The van der Waals surface area contributed by atoms with Gasteiger partial charge in [-0.2, -0.15) is 0 Å². The van der Waals surface area contributed by atoms with Crippen molar-refractivity contribution in [3.8, 4) is 0 Å². The Morgan fingerprint density at radius 3 is 2.95 bits per heavy atom. The summed E-state index contributed by atoms with van der Waals surface area (Å²) in [5, 5.41) is 3.52. The molecule has 1 aromatic carbocycles. The summed E-state index contributed by atoms with van der Waals surface area (Å²) < 4.78 is 13.8. The second-order valence-electron chi connectivity index (χ2n) is 5.29. The van der Waals surface area contributed by atoms with Gasteiger partial charge >= 0.3 is 0 Å². The number of fused-ring (bicyclic) bond motifs is 1. The molecule has 0 aliphatic heterocycles. The fourth-order valence-corrected chi connectivity index (χ4v) is 4.24. The van der Waals surface area contributed by atoms with Crippen LogP contribution in [0.4, 0.5) is 4.39 Å². The maximum Gasteiger partial charge on any atom is 0.137 e. The first-order valence-electron chi connectivity index (χ1n) is 6.92. The highest BCUT2D eigenvalue weighted by Crippen LogP contribution is 2.31. The molecular weight excluding hydrogens is 337 g/mol. The molecule has 1 nitrogen and oxygen atoms in total. The van der Waals surface area contributed by atoms with Gasteiger partial charge in [-0.15, -0.1) is 11.3 Å². The van der Waals surface area contributed by atoms with Gasteiger partial charge < -0.3 is 5.32 Å². The van der Waals surface area contributed by atoms with Gasteiger partial charge in [0, 0.05) is 22.3 Å². The van der Waals surface area contributed by atoms with Gasteiger partial charge in [0.05, 0.1) is 4.47 Å². The van der Waals surface area contributed by atoms with Crippen LogP contribution in [-0.4, -0.2) is 0 Å². The zero-order valence-electron chi connectivity index (χ0n) is 11.4. The Morgan fingerprint density at radius 1 is 1.35 bits per heavy atom. The normalized spacial score (nSPS) is 15.3. The summed E-state index contributed by atoms with van der Waals surface area (Å²) in [6.07, 6.45) is 3.81. The molecule has 106 valence electrons. The average molecular weight is 354 g/mol. The Kier molecular flexibility index (Phi) is 4.24. The van der Waals surface area contributed by atoms with E-state index in [2.05, 4.69) is 34.2 Å². The molecule has 0 amide bonds. The maximum absolute atomic E-state index is 13.2. The Hall–Kier alpha value is -0.710. The molecule has 1 aliphatic carbocycles. The molecule has 3 rings (SSSR count).